The fourth-order valence-electron chi connectivity index (χ4n) is 3.75. The normalized spacial score (nSPS) is 13.0. The van der Waals surface area contributed by atoms with Gasteiger partial charge in [-0.25, -0.2) is 9.97 Å². The number of fused-ring (bicyclic) bond motifs is 2. The maximum absolute atomic E-state index is 6.11. The highest BCUT2D eigenvalue weighted by Gasteiger charge is 2.31. The molecule has 2 aromatic carbocycles. The van der Waals surface area contributed by atoms with Crippen LogP contribution in [-0.4, -0.2) is 9.97 Å². The molecule has 28 heavy (non-hydrogen) atoms. The molecule has 0 saturated carbocycles. The van der Waals surface area contributed by atoms with Gasteiger partial charge in [0, 0.05) is 0 Å². The van der Waals surface area contributed by atoms with Crippen molar-refractivity contribution >= 4 is 17.2 Å². The van der Waals surface area contributed by atoms with E-state index >= 15 is 0 Å². The van der Waals surface area contributed by atoms with Gasteiger partial charge in [-0.05, 0) is 67.5 Å². The van der Waals surface area contributed by atoms with Crippen LogP contribution < -0.4 is 9.64 Å². The minimum Gasteiger partial charge on any atom is -0.434 e. The van der Waals surface area contributed by atoms with Crippen molar-refractivity contribution in [2.75, 3.05) is 4.90 Å². The lowest BCUT2D eigenvalue weighted by molar-refractivity contribution is 0.452. The van der Waals surface area contributed by atoms with Gasteiger partial charge < -0.3 is 4.74 Å². The summed E-state index contributed by atoms with van der Waals surface area (Å²) >= 11 is 0. The summed E-state index contributed by atoms with van der Waals surface area (Å²) < 4.78 is 6.11. The first-order valence-corrected chi connectivity index (χ1v) is 9.69. The molecule has 3 aromatic rings. The third kappa shape index (κ3) is 3.03. The molecule has 0 atom stereocenters. The Bertz CT molecular complexity index is 1060. The van der Waals surface area contributed by atoms with Gasteiger partial charge in [0.1, 0.15) is 0 Å². The Hall–Kier alpha value is -2.88. The fraction of sp³-hybridized carbons (Fsp3) is 0.333. The number of aryl methyl sites for hydroxylation is 4. The van der Waals surface area contributed by atoms with Crippen LogP contribution in [0.4, 0.5) is 17.2 Å². The molecule has 1 aliphatic rings. The summed E-state index contributed by atoms with van der Waals surface area (Å²) in [6.45, 7) is 15.1. The van der Waals surface area contributed by atoms with Crippen molar-refractivity contribution in [3.05, 3.63) is 64.5 Å². The van der Waals surface area contributed by atoms with Gasteiger partial charge in [-0.3, -0.25) is 4.90 Å². The van der Waals surface area contributed by atoms with Gasteiger partial charge in [0.15, 0.2) is 5.75 Å². The number of benzene rings is 2. The van der Waals surface area contributed by atoms with Crippen LogP contribution in [0, 0.1) is 27.7 Å². The van der Waals surface area contributed by atoms with Gasteiger partial charge in [0.2, 0.25) is 5.82 Å². The van der Waals surface area contributed by atoms with Crippen LogP contribution in [0.2, 0.25) is 0 Å². The van der Waals surface area contributed by atoms with Crippen LogP contribution >= 0.6 is 0 Å². The van der Waals surface area contributed by atoms with Gasteiger partial charge in [0.25, 0.3) is 5.88 Å². The van der Waals surface area contributed by atoms with Crippen LogP contribution in [-0.2, 0) is 5.41 Å². The molecule has 0 fully saturated rings. The number of hydrogen-bond acceptors (Lipinski definition) is 4. The Kier molecular flexibility index (Phi) is 4.18. The van der Waals surface area contributed by atoms with Crippen LogP contribution in [0.25, 0.3) is 0 Å². The fourth-order valence-corrected chi connectivity index (χ4v) is 3.75. The zero-order chi connectivity index (χ0) is 20.2. The van der Waals surface area contributed by atoms with Gasteiger partial charge in [-0.15, -0.1) is 0 Å². The average Bonchev–Trinajstić information content (AvgIpc) is 2.60. The van der Waals surface area contributed by atoms with Crippen molar-refractivity contribution in [1.29, 1.82) is 0 Å². The van der Waals surface area contributed by atoms with E-state index in [2.05, 4.69) is 75.7 Å². The second-order valence-electron chi connectivity index (χ2n) is 8.76. The first kappa shape index (κ1) is 18.5. The van der Waals surface area contributed by atoms with E-state index in [1.807, 2.05) is 13.0 Å². The number of aromatic nitrogens is 2. The predicted octanol–water partition coefficient (Wildman–Crippen LogP) is 6.58. The van der Waals surface area contributed by atoms with E-state index in [0.717, 1.165) is 28.6 Å². The van der Waals surface area contributed by atoms with Crippen molar-refractivity contribution in [3.63, 3.8) is 0 Å². The zero-order valence-corrected chi connectivity index (χ0v) is 17.7. The van der Waals surface area contributed by atoms with E-state index < -0.39 is 0 Å². The molecule has 4 heteroatoms. The van der Waals surface area contributed by atoms with Crippen LogP contribution in [0.15, 0.2) is 36.5 Å². The van der Waals surface area contributed by atoms with E-state index in [9.17, 15) is 0 Å². The van der Waals surface area contributed by atoms with Crippen LogP contribution in [0.5, 0.6) is 11.6 Å². The van der Waals surface area contributed by atoms with E-state index in [1.165, 1.54) is 22.3 Å². The quantitative estimate of drug-likeness (QED) is 0.377. The monoisotopic (exact) mass is 373 g/mol. The highest BCUT2D eigenvalue weighted by atomic mass is 16.5. The van der Waals surface area contributed by atoms with Gasteiger partial charge in [0.05, 0.1) is 23.3 Å². The topological polar surface area (TPSA) is 38.2 Å². The molecule has 2 heterocycles. The molecular weight excluding hydrogens is 346 g/mol. The highest BCUT2D eigenvalue weighted by Crippen LogP contribution is 2.50. The Morgan fingerprint density at radius 2 is 1.61 bits per heavy atom. The van der Waals surface area contributed by atoms with Gasteiger partial charge in [-0.2, -0.15) is 0 Å². The molecule has 144 valence electrons. The molecule has 4 nitrogen and oxygen atoms in total. The maximum atomic E-state index is 6.11. The van der Waals surface area contributed by atoms with E-state index in [1.54, 1.807) is 6.20 Å². The summed E-state index contributed by atoms with van der Waals surface area (Å²) in [5, 5.41) is 0. The van der Waals surface area contributed by atoms with Crippen molar-refractivity contribution in [3.8, 4) is 11.6 Å². The first-order valence-electron chi connectivity index (χ1n) is 9.69. The Balaban J connectivity index is 1.99. The molecular formula is C24H27N3O. The molecule has 0 saturated heterocycles. The van der Waals surface area contributed by atoms with Crippen molar-refractivity contribution in [2.24, 2.45) is 0 Å². The largest absolute Gasteiger partial charge is 0.434 e. The lowest BCUT2D eigenvalue weighted by Crippen LogP contribution is -2.21. The average molecular weight is 374 g/mol. The second kappa shape index (κ2) is 6.33. The number of ether oxygens (including phenoxy) is 1. The van der Waals surface area contributed by atoms with Crippen molar-refractivity contribution in [1.82, 2.24) is 9.97 Å². The maximum Gasteiger partial charge on any atom is 0.264 e. The number of anilines is 3. The standard InChI is InChI=1S/C24H27N3O/c1-14-8-9-20-19(10-14)27(22-23(28-20)26-17(4)13-25-22)21-15(2)11-18(12-16(21)3)24(5,6)7/h8-13H,1-7H3. The number of rotatable bonds is 1. The van der Waals surface area contributed by atoms with Crippen LogP contribution in [0.3, 0.4) is 0 Å². The Morgan fingerprint density at radius 1 is 0.929 bits per heavy atom. The summed E-state index contributed by atoms with van der Waals surface area (Å²) in [5.74, 6) is 2.09. The molecule has 0 aliphatic carbocycles. The first-order chi connectivity index (χ1) is 13.1. The van der Waals surface area contributed by atoms with Crippen LogP contribution in [0.1, 0.15) is 48.7 Å². The molecule has 0 unspecified atom stereocenters. The predicted molar refractivity (Wildman–Crippen MR) is 114 cm³/mol. The third-order valence-electron chi connectivity index (χ3n) is 5.20. The SMILES string of the molecule is Cc1ccc2c(c1)N(c1c(C)cc(C(C)(C)C)cc1C)c1ncc(C)nc1O2. The summed E-state index contributed by atoms with van der Waals surface area (Å²) in [4.78, 5) is 11.5. The minimum atomic E-state index is 0.0996. The van der Waals surface area contributed by atoms with E-state index in [-0.39, 0.29) is 5.41 Å². The second-order valence-corrected chi connectivity index (χ2v) is 8.76. The minimum absolute atomic E-state index is 0.0996. The van der Waals surface area contributed by atoms with Gasteiger partial charge in [-0.1, -0.05) is 39.0 Å². The third-order valence-corrected chi connectivity index (χ3v) is 5.20. The molecule has 0 N–H and O–H groups in total. The highest BCUT2D eigenvalue weighted by molar-refractivity contribution is 5.86. The molecule has 1 aromatic heterocycles. The van der Waals surface area contributed by atoms with Crippen molar-refractivity contribution in [2.45, 2.75) is 53.9 Å². The lowest BCUT2D eigenvalue weighted by atomic mass is 9.84. The summed E-state index contributed by atoms with van der Waals surface area (Å²) in [7, 11) is 0. The number of nitrogens with zero attached hydrogens (tertiary/aromatic N) is 3. The molecule has 0 radical (unpaired) electrons. The Morgan fingerprint density at radius 3 is 2.25 bits per heavy atom. The molecule has 4 rings (SSSR count). The van der Waals surface area contributed by atoms with E-state index in [0.29, 0.717) is 5.88 Å². The lowest BCUT2D eigenvalue weighted by Gasteiger charge is -2.34. The summed E-state index contributed by atoms with van der Waals surface area (Å²) in [5.41, 5.74) is 8.02. The summed E-state index contributed by atoms with van der Waals surface area (Å²) in [6, 6.07) is 10.8. The zero-order valence-electron chi connectivity index (χ0n) is 17.7. The summed E-state index contributed by atoms with van der Waals surface area (Å²) in [6.07, 6.45) is 1.80. The molecule has 0 spiro atoms. The molecule has 1 aliphatic heterocycles. The van der Waals surface area contributed by atoms with E-state index in [4.69, 9.17) is 9.72 Å². The van der Waals surface area contributed by atoms with Crippen molar-refractivity contribution < 1.29 is 4.74 Å². The number of hydrogen-bond donors (Lipinski definition) is 0. The molecule has 0 bridgehead atoms. The molecule has 0 amide bonds. The Labute approximate surface area is 167 Å². The smallest absolute Gasteiger partial charge is 0.264 e. The van der Waals surface area contributed by atoms with Gasteiger partial charge >= 0.3 is 0 Å².